The number of methoxy groups -OCH3 is 2. The van der Waals surface area contributed by atoms with Crippen LogP contribution in [0.1, 0.15) is 11.1 Å². The lowest BCUT2D eigenvalue weighted by atomic mass is 10.0. The summed E-state index contributed by atoms with van der Waals surface area (Å²) < 4.78 is 16.3. The third-order valence-corrected chi connectivity index (χ3v) is 5.68. The van der Waals surface area contributed by atoms with Gasteiger partial charge in [-0.15, -0.1) is 0 Å². The summed E-state index contributed by atoms with van der Waals surface area (Å²) in [6.45, 7) is -0.0890. The van der Waals surface area contributed by atoms with Crippen LogP contribution >= 0.6 is 11.6 Å². The van der Waals surface area contributed by atoms with Gasteiger partial charge in [0.15, 0.2) is 6.61 Å². The lowest BCUT2D eigenvalue weighted by Gasteiger charge is -2.31. The Hall–Kier alpha value is -3.71. The molecule has 0 bridgehead atoms. The van der Waals surface area contributed by atoms with Gasteiger partial charge in [0, 0.05) is 43.2 Å². The lowest BCUT2D eigenvalue weighted by molar-refractivity contribution is -0.142. The summed E-state index contributed by atoms with van der Waals surface area (Å²) in [5.41, 5.74) is 1.74. The number of benzene rings is 3. The maximum absolute atomic E-state index is 13.5. The van der Waals surface area contributed by atoms with Crippen molar-refractivity contribution in [2.45, 2.75) is 19.0 Å². The molecule has 0 aromatic heterocycles. The first kappa shape index (κ1) is 25.9. The monoisotopic (exact) mass is 496 g/mol. The number of carbonyl (C=O) groups excluding carboxylic acids is 2. The van der Waals surface area contributed by atoms with Crippen molar-refractivity contribution in [1.29, 1.82) is 0 Å². The van der Waals surface area contributed by atoms with Gasteiger partial charge in [-0.3, -0.25) is 9.59 Å². The Morgan fingerprint density at radius 1 is 0.886 bits per heavy atom. The van der Waals surface area contributed by atoms with E-state index in [4.69, 9.17) is 25.8 Å². The quantitative estimate of drug-likeness (QED) is 0.432. The normalized spacial score (nSPS) is 11.3. The summed E-state index contributed by atoms with van der Waals surface area (Å²) in [5, 5.41) is 3.24. The SMILES string of the molecule is CNC(=O)C(Cc1ccccc1)N(Cc1cccc(Cl)c1)C(=O)COc1cc(OC)cc(OC)c1. The van der Waals surface area contributed by atoms with Crippen LogP contribution in [-0.2, 0) is 22.6 Å². The van der Waals surface area contributed by atoms with E-state index in [1.807, 2.05) is 42.5 Å². The van der Waals surface area contributed by atoms with E-state index in [2.05, 4.69) is 5.32 Å². The van der Waals surface area contributed by atoms with Gasteiger partial charge in [-0.2, -0.15) is 0 Å². The van der Waals surface area contributed by atoms with Gasteiger partial charge in [-0.1, -0.05) is 54.1 Å². The Bertz CT molecular complexity index is 1120. The van der Waals surface area contributed by atoms with Crippen LogP contribution in [0.2, 0.25) is 5.02 Å². The van der Waals surface area contributed by atoms with E-state index in [0.717, 1.165) is 11.1 Å². The van der Waals surface area contributed by atoms with Crippen LogP contribution in [0.5, 0.6) is 17.2 Å². The van der Waals surface area contributed by atoms with Crippen LogP contribution in [0.15, 0.2) is 72.8 Å². The molecule has 0 aliphatic heterocycles. The van der Waals surface area contributed by atoms with Crippen molar-refractivity contribution >= 4 is 23.4 Å². The zero-order valence-electron chi connectivity index (χ0n) is 20.0. The minimum Gasteiger partial charge on any atom is -0.496 e. The first-order valence-electron chi connectivity index (χ1n) is 11.1. The number of likely N-dealkylation sites (N-methyl/N-ethyl adjacent to an activating group) is 1. The molecule has 3 rings (SSSR count). The Morgan fingerprint density at radius 3 is 2.11 bits per heavy atom. The first-order chi connectivity index (χ1) is 16.9. The van der Waals surface area contributed by atoms with Crippen molar-refractivity contribution in [2.75, 3.05) is 27.9 Å². The second-order valence-corrected chi connectivity index (χ2v) is 8.24. The summed E-state index contributed by atoms with van der Waals surface area (Å²) in [6, 6.07) is 21.1. The van der Waals surface area contributed by atoms with Gasteiger partial charge in [0.2, 0.25) is 5.91 Å². The number of nitrogens with zero attached hydrogens (tertiary/aromatic N) is 1. The van der Waals surface area contributed by atoms with Crippen molar-refractivity contribution in [2.24, 2.45) is 0 Å². The van der Waals surface area contributed by atoms with Crippen molar-refractivity contribution in [1.82, 2.24) is 10.2 Å². The smallest absolute Gasteiger partial charge is 0.261 e. The standard InChI is InChI=1S/C27H29ClN2O5/c1-29-27(32)25(13-19-8-5-4-6-9-19)30(17-20-10-7-11-21(28)12-20)26(31)18-35-24-15-22(33-2)14-23(16-24)34-3/h4-12,14-16,25H,13,17-18H2,1-3H3,(H,29,32). The molecule has 7 nitrogen and oxygen atoms in total. The molecule has 0 saturated carbocycles. The molecule has 0 saturated heterocycles. The number of ether oxygens (including phenoxy) is 3. The zero-order valence-corrected chi connectivity index (χ0v) is 20.7. The Labute approximate surface area is 210 Å². The zero-order chi connectivity index (χ0) is 25.2. The highest BCUT2D eigenvalue weighted by Crippen LogP contribution is 2.27. The van der Waals surface area contributed by atoms with Crippen molar-refractivity contribution in [3.63, 3.8) is 0 Å². The van der Waals surface area contributed by atoms with Gasteiger partial charge in [0.05, 0.1) is 14.2 Å². The number of halogens is 1. The highest BCUT2D eigenvalue weighted by Gasteiger charge is 2.30. The number of amides is 2. The van der Waals surface area contributed by atoms with E-state index in [9.17, 15) is 9.59 Å². The number of nitrogens with one attached hydrogen (secondary N) is 1. The maximum atomic E-state index is 13.5. The second-order valence-electron chi connectivity index (χ2n) is 7.81. The molecule has 2 amide bonds. The minimum absolute atomic E-state index is 0.190. The molecule has 0 fully saturated rings. The van der Waals surface area contributed by atoms with E-state index >= 15 is 0 Å². The Balaban J connectivity index is 1.88. The number of hydrogen-bond donors (Lipinski definition) is 1. The van der Waals surface area contributed by atoms with Gasteiger partial charge in [-0.05, 0) is 23.3 Å². The van der Waals surface area contributed by atoms with Gasteiger partial charge in [-0.25, -0.2) is 0 Å². The molecule has 8 heteroatoms. The first-order valence-corrected chi connectivity index (χ1v) is 11.5. The third-order valence-electron chi connectivity index (χ3n) is 5.45. The van der Waals surface area contributed by atoms with Gasteiger partial charge < -0.3 is 24.4 Å². The van der Waals surface area contributed by atoms with E-state index in [1.54, 1.807) is 37.4 Å². The molecular weight excluding hydrogens is 468 g/mol. The summed E-state index contributed by atoms with van der Waals surface area (Å²) in [5.74, 6) is 0.866. The molecule has 3 aromatic rings. The Morgan fingerprint density at radius 2 is 1.51 bits per heavy atom. The number of rotatable bonds is 11. The summed E-state index contributed by atoms with van der Waals surface area (Å²) in [4.78, 5) is 28.0. The summed E-state index contributed by atoms with van der Waals surface area (Å²) in [6.07, 6.45) is 0.347. The van der Waals surface area contributed by atoms with Crippen LogP contribution in [-0.4, -0.2) is 50.6 Å². The largest absolute Gasteiger partial charge is 0.496 e. The van der Waals surface area contributed by atoms with E-state index < -0.39 is 6.04 Å². The molecule has 0 aliphatic rings. The van der Waals surface area contributed by atoms with Crippen molar-refractivity contribution < 1.29 is 23.8 Å². The van der Waals surface area contributed by atoms with E-state index in [-0.39, 0.29) is 25.0 Å². The topological polar surface area (TPSA) is 77.1 Å². The predicted octanol–water partition coefficient (Wildman–Crippen LogP) is 4.12. The van der Waals surface area contributed by atoms with E-state index in [1.165, 1.54) is 19.1 Å². The molecule has 0 spiro atoms. The summed E-state index contributed by atoms with van der Waals surface area (Å²) in [7, 11) is 4.63. The molecule has 0 aliphatic carbocycles. The van der Waals surface area contributed by atoms with Crippen LogP contribution in [0, 0.1) is 0 Å². The molecule has 3 aromatic carbocycles. The minimum atomic E-state index is -0.752. The van der Waals surface area contributed by atoms with Crippen LogP contribution in [0.4, 0.5) is 0 Å². The fourth-order valence-electron chi connectivity index (χ4n) is 3.65. The van der Waals surface area contributed by atoms with Gasteiger partial charge in [0.25, 0.3) is 5.91 Å². The molecule has 1 N–H and O–H groups in total. The number of hydrogen-bond acceptors (Lipinski definition) is 5. The molecular formula is C27H29ClN2O5. The predicted molar refractivity (Wildman–Crippen MR) is 135 cm³/mol. The molecule has 1 atom stereocenters. The average Bonchev–Trinajstić information content (AvgIpc) is 2.89. The number of carbonyl (C=O) groups is 2. The highest BCUT2D eigenvalue weighted by atomic mass is 35.5. The summed E-state index contributed by atoms with van der Waals surface area (Å²) >= 11 is 6.17. The average molecular weight is 497 g/mol. The molecule has 0 heterocycles. The fraction of sp³-hybridized carbons (Fsp3) is 0.259. The van der Waals surface area contributed by atoms with Crippen LogP contribution in [0.3, 0.4) is 0 Å². The van der Waals surface area contributed by atoms with Crippen molar-refractivity contribution in [3.8, 4) is 17.2 Å². The molecule has 184 valence electrons. The fourth-order valence-corrected chi connectivity index (χ4v) is 3.86. The van der Waals surface area contributed by atoms with Crippen LogP contribution < -0.4 is 19.5 Å². The van der Waals surface area contributed by atoms with Crippen LogP contribution in [0.25, 0.3) is 0 Å². The van der Waals surface area contributed by atoms with Crippen molar-refractivity contribution in [3.05, 3.63) is 88.9 Å². The maximum Gasteiger partial charge on any atom is 0.261 e. The highest BCUT2D eigenvalue weighted by molar-refractivity contribution is 6.30. The third kappa shape index (κ3) is 7.39. The second kappa shape index (κ2) is 12.7. The van der Waals surface area contributed by atoms with Gasteiger partial charge >= 0.3 is 0 Å². The molecule has 1 unspecified atom stereocenters. The molecule has 0 radical (unpaired) electrons. The van der Waals surface area contributed by atoms with Gasteiger partial charge in [0.1, 0.15) is 23.3 Å². The van der Waals surface area contributed by atoms with E-state index in [0.29, 0.717) is 28.7 Å². The Kier molecular flexibility index (Phi) is 9.38. The lowest BCUT2D eigenvalue weighted by Crippen LogP contribution is -2.51. The molecule has 35 heavy (non-hydrogen) atoms.